The Balaban J connectivity index is 0.000000555. The lowest BCUT2D eigenvalue weighted by Crippen LogP contribution is -2.06. The van der Waals surface area contributed by atoms with E-state index in [9.17, 15) is 13.2 Å². The van der Waals surface area contributed by atoms with Crippen LogP contribution in [-0.4, -0.2) is 6.38 Å². The summed E-state index contributed by atoms with van der Waals surface area (Å²) in [7, 11) is 0. The minimum atomic E-state index is -4.24. The molecule has 9 heteroatoms. The van der Waals surface area contributed by atoms with Crippen molar-refractivity contribution in [2.45, 2.75) is 13.6 Å². The molecule has 0 radical (unpaired) electrons. The molecular formula is C10H7Br5F3I. The van der Waals surface area contributed by atoms with Gasteiger partial charge in [-0.3, -0.25) is 0 Å². The first-order valence-electron chi connectivity index (χ1n) is 4.62. The fourth-order valence-electron chi connectivity index (χ4n) is 1.04. The van der Waals surface area contributed by atoms with E-state index in [0.717, 1.165) is 15.2 Å². The molecule has 0 saturated carbocycles. The minimum absolute atomic E-state index is 0.250. The fraction of sp³-hybridized carbons (Fsp3) is 0.400. The van der Waals surface area contributed by atoms with E-state index in [1.165, 1.54) is 12.1 Å². The first-order chi connectivity index (χ1) is 8.45. The Morgan fingerprint density at radius 1 is 1.05 bits per heavy atom. The lowest BCUT2D eigenvalue weighted by molar-refractivity contribution is -0.137. The molecule has 0 aliphatic rings. The molecule has 1 aromatic rings. The molecule has 0 N–H and O–H groups in total. The van der Waals surface area contributed by atoms with E-state index in [2.05, 4.69) is 79.6 Å². The summed E-state index contributed by atoms with van der Waals surface area (Å²) in [5, 5.41) is 0.671. The number of aryl methyl sites for hydroxylation is 1. The lowest BCUT2D eigenvalue weighted by atomic mass is 10.1. The van der Waals surface area contributed by atoms with E-state index >= 15 is 0 Å². The summed E-state index contributed by atoms with van der Waals surface area (Å²) in [5.74, 6) is 0. The molecule has 0 nitrogen and oxygen atoms in total. The summed E-state index contributed by atoms with van der Waals surface area (Å²) >= 11 is 17.8. The Morgan fingerprint density at radius 3 is 1.89 bits per heavy atom. The van der Waals surface area contributed by atoms with Crippen LogP contribution in [-0.2, 0) is 12.6 Å². The standard InChI is InChI=1S/C9H7BrF3I.CBr4/c10-4-3-6-5-7(9(11,12)13)1-2-8(6)14;2-1(3,4)5/h1-2,5H,3-4H2;. The molecule has 0 spiro atoms. The summed E-state index contributed by atoms with van der Waals surface area (Å²) in [5.41, 5.74) is 0.158. The maximum atomic E-state index is 12.3. The molecule has 0 fully saturated rings. The molecule has 0 unspecified atom stereocenters. The molecule has 0 amide bonds. The van der Waals surface area contributed by atoms with E-state index in [-0.39, 0.29) is 1.05 Å². The molecule has 1 rings (SSSR count). The highest BCUT2D eigenvalue weighted by molar-refractivity contribution is 14.1. The summed E-state index contributed by atoms with van der Waals surface area (Å²) in [6.07, 6.45) is -3.63. The first-order valence-corrected chi connectivity index (χ1v) is 9.99. The summed E-state index contributed by atoms with van der Waals surface area (Å²) in [6.45, 7) is 0. The molecule has 0 heterocycles. The highest BCUT2D eigenvalue weighted by Gasteiger charge is 2.30. The minimum Gasteiger partial charge on any atom is -0.166 e. The van der Waals surface area contributed by atoms with Crippen molar-refractivity contribution in [1.82, 2.24) is 0 Å². The van der Waals surface area contributed by atoms with Gasteiger partial charge in [0.15, 0.2) is 1.05 Å². The third-order valence-electron chi connectivity index (χ3n) is 1.74. The second-order valence-corrected chi connectivity index (χ2v) is 16.3. The van der Waals surface area contributed by atoms with Gasteiger partial charge in [-0.05, 0) is 116 Å². The average Bonchev–Trinajstić information content (AvgIpc) is 2.17. The maximum Gasteiger partial charge on any atom is 0.416 e. The number of halogens is 9. The van der Waals surface area contributed by atoms with Crippen molar-refractivity contribution in [3.8, 4) is 0 Å². The monoisotopic (exact) mass is 706 g/mol. The number of hydrogen-bond donors (Lipinski definition) is 0. The van der Waals surface area contributed by atoms with Gasteiger partial charge in [0, 0.05) is 8.90 Å². The van der Waals surface area contributed by atoms with Crippen LogP contribution in [0.3, 0.4) is 0 Å². The Hall–Kier alpha value is 2.14. The summed E-state index contributed by atoms with van der Waals surface area (Å²) in [4.78, 5) is 0. The van der Waals surface area contributed by atoms with Crippen LogP contribution in [0.4, 0.5) is 13.2 Å². The Bertz CT molecular complexity index is 397. The zero-order valence-corrected chi connectivity index (χ0v) is 19.1. The molecule has 0 aliphatic carbocycles. The van der Waals surface area contributed by atoms with Gasteiger partial charge in [0.05, 0.1) is 5.56 Å². The van der Waals surface area contributed by atoms with Crippen LogP contribution in [0.25, 0.3) is 0 Å². The van der Waals surface area contributed by atoms with Crippen LogP contribution in [0.15, 0.2) is 18.2 Å². The predicted octanol–water partition coefficient (Wildman–Crippen LogP) is 7.42. The van der Waals surface area contributed by atoms with Gasteiger partial charge >= 0.3 is 6.18 Å². The number of rotatable bonds is 2. The Labute approximate surface area is 165 Å². The van der Waals surface area contributed by atoms with Gasteiger partial charge in [-0.1, -0.05) is 15.9 Å². The van der Waals surface area contributed by atoms with Gasteiger partial charge in [0.25, 0.3) is 0 Å². The van der Waals surface area contributed by atoms with Crippen LogP contribution >= 0.6 is 102 Å². The predicted molar refractivity (Wildman–Crippen MR) is 100 cm³/mol. The number of benzene rings is 1. The smallest absolute Gasteiger partial charge is 0.166 e. The van der Waals surface area contributed by atoms with Crippen LogP contribution in [0.5, 0.6) is 0 Å². The molecule has 0 aromatic heterocycles. The fourth-order valence-corrected chi connectivity index (χ4v) is 2.08. The molecule has 19 heavy (non-hydrogen) atoms. The van der Waals surface area contributed by atoms with Gasteiger partial charge in [-0.15, -0.1) is 0 Å². The van der Waals surface area contributed by atoms with Crippen molar-refractivity contribution in [1.29, 1.82) is 0 Å². The maximum absolute atomic E-state index is 12.3. The van der Waals surface area contributed by atoms with E-state index in [0.29, 0.717) is 11.8 Å². The van der Waals surface area contributed by atoms with Crippen LogP contribution < -0.4 is 0 Å². The molecule has 1 aromatic carbocycles. The van der Waals surface area contributed by atoms with Crippen molar-refractivity contribution in [3.63, 3.8) is 0 Å². The zero-order chi connectivity index (χ0) is 15.3. The zero-order valence-electron chi connectivity index (χ0n) is 9.05. The molecule has 0 saturated heterocycles. The number of hydrogen-bond acceptors (Lipinski definition) is 0. The molecule has 110 valence electrons. The van der Waals surface area contributed by atoms with Crippen molar-refractivity contribution in [2.24, 2.45) is 0 Å². The van der Waals surface area contributed by atoms with E-state index in [1.54, 1.807) is 0 Å². The highest BCUT2D eigenvalue weighted by atomic mass is 127. The third kappa shape index (κ3) is 11.4. The van der Waals surface area contributed by atoms with Crippen molar-refractivity contribution >= 4 is 102 Å². The second-order valence-electron chi connectivity index (χ2n) is 3.17. The average molecular weight is 711 g/mol. The molecule has 0 aliphatic heterocycles. The van der Waals surface area contributed by atoms with Gasteiger partial charge in [-0.25, -0.2) is 0 Å². The Kier molecular flexibility index (Phi) is 10.4. The van der Waals surface area contributed by atoms with Gasteiger partial charge < -0.3 is 0 Å². The van der Waals surface area contributed by atoms with Crippen LogP contribution in [0, 0.1) is 3.57 Å². The molecule has 0 atom stereocenters. The third-order valence-corrected chi connectivity index (χ3v) is 3.19. The van der Waals surface area contributed by atoms with Crippen LogP contribution in [0.2, 0.25) is 0 Å². The lowest BCUT2D eigenvalue weighted by Gasteiger charge is -2.09. The SMILES string of the molecule is BrC(Br)(Br)Br.FC(F)(F)c1ccc(I)c(CCBr)c1. The first kappa shape index (κ1) is 21.1. The van der Waals surface area contributed by atoms with Crippen molar-refractivity contribution in [3.05, 3.63) is 32.9 Å². The number of alkyl halides is 8. The summed E-state index contributed by atoms with van der Waals surface area (Å²) in [6, 6.07) is 3.82. The molecule has 0 bridgehead atoms. The highest BCUT2D eigenvalue weighted by Crippen LogP contribution is 2.39. The van der Waals surface area contributed by atoms with E-state index in [1.807, 2.05) is 22.6 Å². The Morgan fingerprint density at radius 2 is 1.53 bits per heavy atom. The quantitative estimate of drug-likeness (QED) is 0.222. The largest absolute Gasteiger partial charge is 0.416 e. The second kappa shape index (κ2) is 9.32. The normalized spacial score (nSPS) is 11.8. The van der Waals surface area contributed by atoms with Gasteiger partial charge in [0.1, 0.15) is 0 Å². The van der Waals surface area contributed by atoms with Gasteiger partial charge in [0.2, 0.25) is 0 Å². The van der Waals surface area contributed by atoms with E-state index in [4.69, 9.17) is 0 Å². The summed E-state index contributed by atoms with van der Waals surface area (Å²) < 4.78 is 37.6. The van der Waals surface area contributed by atoms with Crippen molar-refractivity contribution < 1.29 is 13.2 Å². The van der Waals surface area contributed by atoms with Crippen molar-refractivity contribution in [2.75, 3.05) is 5.33 Å². The topological polar surface area (TPSA) is 0 Å². The van der Waals surface area contributed by atoms with E-state index < -0.39 is 11.7 Å². The molecular weight excluding hydrogens is 704 g/mol. The van der Waals surface area contributed by atoms with Crippen LogP contribution in [0.1, 0.15) is 11.1 Å². The van der Waals surface area contributed by atoms with Gasteiger partial charge in [-0.2, -0.15) is 13.2 Å².